The van der Waals surface area contributed by atoms with Crippen molar-refractivity contribution in [3.63, 3.8) is 0 Å². The highest BCUT2D eigenvalue weighted by molar-refractivity contribution is 5.74. The van der Waals surface area contributed by atoms with E-state index in [9.17, 15) is 14.7 Å². The van der Waals surface area contributed by atoms with E-state index < -0.39 is 17.2 Å². The predicted octanol–water partition coefficient (Wildman–Crippen LogP) is 0.270. The Hall–Kier alpha value is -1.88. The highest BCUT2D eigenvalue weighted by Gasteiger charge is 2.03. The van der Waals surface area contributed by atoms with Crippen LogP contribution in [0.3, 0.4) is 0 Å². The van der Waals surface area contributed by atoms with Gasteiger partial charge < -0.3 is 15.1 Å². The molecule has 1 aromatic carbocycles. The van der Waals surface area contributed by atoms with E-state index in [1.165, 1.54) is 0 Å². The summed E-state index contributed by atoms with van der Waals surface area (Å²) in [6, 6.07) is 4.98. The second-order valence-electron chi connectivity index (χ2n) is 3.39. The average molecular weight is 206 g/mol. The Morgan fingerprint density at radius 1 is 1.13 bits per heavy atom. The van der Waals surface area contributed by atoms with E-state index >= 15 is 0 Å². The number of nitrogens with one attached hydrogen (secondary N) is 2. The summed E-state index contributed by atoms with van der Waals surface area (Å²) in [5, 5.41) is 9.34. The lowest BCUT2D eigenvalue weighted by molar-refractivity contribution is 0.199. The van der Waals surface area contributed by atoms with Crippen LogP contribution in [0.4, 0.5) is 0 Å². The van der Waals surface area contributed by atoms with Crippen molar-refractivity contribution in [3.8, 4) is 0 Å². The minimum atomic E-state index is -0.690. The first-order valence-electron chi connectivity index (χ1n) is 4.52. The average Bonchev–Trinajstić information content (AvgIpc) is 2.19. The molecule has 1 atom stereocenters. The molecule has 0 radical (unpaired) electrons. The summed E-state index contributed by atoms with van der Waals surface area (Å²) in [5.41, 5.74) is 0.379. The highest BCUT2D eigenvalue weighted by Crippen LogP contribution is 2.15. The number of aliphatic hydroxyl groups excluding tert-OH is 1. The minimum absolute atomic E-state index is 0.512. The number of aliphatic hydroxyl groups is 1. The Morgan fingerprint density at radius 3 is 2.33 bits per heavy atom. The fraction of sp³-hybridized carbons (Fsp3) is 0.200. The highest BCUT2D eigenvalue weighted by atomic mass is 16.3. The van der Waals surface area contributed by atoms with Crippen LogP contribution in [0.15, 0.2) is 27.8 Å². The Bertz CT molecular complexity index is 610. The van der Waals surface area contributed by atoms with Gasteiger partial charge in [0.1, 0.15) is 0 Å². The Kier molecular flexibility index (Phi) is 2.17. The lowest BCUT2D eigenvalue weighted by atomic mass is 10.1. The first-order chi connectivity index (χ1) is 7.08. The maximum absolute atomic E-state index is 11.1. The molecule has 2 aromatic rings. The summed E-state index contributed by atoms with van der Waals surface area (Å²) in [4.78, 5) is 26.9. The minimum Gasteiger partial charge on any atom is -0.389 e. The smallest absolute Gasteiger partial charge is 0.314 e. The Morgan fingerprint density at radius 2 is 1.73 bits per heavy atom. The molecule has 1 aromatic heterocycles. The number of H-pyrrole nitrogens is 2. The van der Waals surface area contributed by atoms with Gasteiger partial charge in [-0.3, -0.25) is 9.59 Å². The van der Waals surface area contributed by atoms with Gasteiger partial charge in [0.2, 0.25) is 0 Å². The van der Waals surface area contributed by atoms with Crippen molar-refractivity contribution < 1.29 is 5.11 Å². The number of hydrogen-bond acceptors (Lipinski definition) is 3. The van der Waals surface area contributed by atoms with Crippen molar-refractivity contribution in [3.05, 3.63) is 44.5 Å². The van der Waals surface area contributed by atoms with E-state index in [1.54, 1.807) is 25.1 Å². The second-order valence-corrected chi connectivity index (χ2v) is 3.39. The fourth-order valence-electron chi connectivity index (χ4n) is 1.39. The monoisotopic (exact) mass is 206 g/mol. The van der Waals surface area contributed by atoms with Gasteiger partial charge in [-0.1, -0.05) is 6.07 Å². The third-order valence-corrected chi connectivity index (χ3v) is 2.23. The summed E-state index contributed by atoms with van der Waals surface area (Å²) in [6.07, 6.45) is -0.607. The molecule has 3 N–H and O–H groups in total. The number of aromatic nitrogens is 2. The summed E-state index contributed by atoms with van der Waals surface area (Å²) in [7, 11) is 0. The molecule has 0 aliphatic rings. The molecule has 1 unspecified atom stereocenters. The zero-order valence-electron chi connectivity index (χ0n) is 8.07. The lowest BCUT2D eigenvalue weighted by Gasteiger charge is -2.05. The van der Waals surface area contributed by atoms with Crippen LogP contribution in [0.25, 0.3) is 11.0 Å². The summed E-state index contributed by atoms with van der Waals surface area (Å²) < 4.78 is 0. The van der Waals surface area contributed by atoms with Crippen LogP contribution in [-0.2, 0) is 0 Å². The molecule has 0 amide bonds. The van der Waals surface area contributed by atoms with Crippen LogP contribution in [0.2, 0.25) is 0 Å². The molecule has 0 aliphatic carbocycles. The molecule has 5 heteroatoms. The van der Waals surface area contributed by atoms with Crippen LogP contribution in [0, 0.1) is 0 Å². The first kappa shape index (κ1) is 9.67. The molecule has 1 heterocycles. The van der Waals surface area contributed by atoms with Crippen LogP contribution < -0.4 is 11.1 Å². The molecule has 0 saturated heterocycles. The molecular formula is C10H10N2O3. The molecule has 0 fully saturated rings. The fourth-order valence-corrected chi connectivity index (χ4v) is 1.39. The van der Waals surface area contributed by atoms with Crippen molar-refractivity contribution in [1.82, 2.24) is 9.97 Å². The van der Waals surface area contributed by atoms with Gasteiger partial charge in [-0.2, -0.15) is 0 Å². The van der Waals surface area contributed by atoms with Gasteiger partial charge in [-0.25, -0.2) is 0 Å². The number of fused-ring (bicyclic) bond motifs is 1. The van der Waals surface area contributed by atoms with Gasteiger partial charge in [0.15, 0.2) is 0 Å². The van der Waals surface area contributed by atoms with Crippen molar-refractivity contribution in [2.45, 2.75) is 13.0 Å². The number of rotatable bonds is 1. The van der Waals surface area contributed by atoms with Crippen LogP contribution in [0.1, 0.15) is 18.6 Å². The Balaban J connectivity index is 2.77. The molecule has 0 aliphatic heterocycles. The van der Waals surface area contributed by atoms with Crippen molar-refractivity contribution >= 4 is 11.0 Å². The van der Waals surface area contributed by atoms with Gasteiger partial charge in [-0.15, -0.1) is 0 Å². The third-order valence-electron chi connectivity index (χ3n) is 2.23. The quantitative estimate of drug-likeness (QED) is 0.585. The molecule has 15 heavy (non-hydrogen) atoms. The zero-order chi connectivity index (χ0) is 11.0. The van der Waals surface area contributed by atoms with Gasteiger partial charge in [0.25, 0.3) is 0 Å². The van der Waals surface area contributed by atoms with Gasteiger partial charge in [0.05, 0.1) is 17.1 Å². The number of aromatic amines is 2. The standard InChI is InChI=1S/C10H10N2O3/c1-5(13)6-2-3-7-8(4-6)12-10(15)9(14)11-7/h2-5,13H,1H3,(H,11,14)(H,12,15). The van der Waals surface area contributed by atoms with E-state index in [1.807, 2.05) is 0 Å². The normalized spacial score (nSPS) is 12.9. The zero-order valence-corrected chi connectivity index (χ0v) is 8.07. The topological polar surface area (TPSA) is 85.9 Å². The molecule has 0 bridgehead atoms. The molecular weight excluding hydrogens is 196 g/mol. The Labute approximate surface area is 84.4 Å². The van der Waals surface area contributed by atoms with E-state index in [-0.39, 0.29) is 0 Å². The van der Waals surface area contributed by atoms with Crippen LogP contribution >= 0.6 is 0 Å². The summed E-state index contributed by atoms with van der Waals surface area (Å²) >= 11 is 0. The molecule has 5 nitrogen and oxygen atoms in total. The summed E-state index contributed by atoms with van der Waals surface area (Å²) in [6.45, 7) is 1.63. The maximum atomic E-state index is 11.1. The predicted molar refractivity (Wildman–Crippen MR) is 55.8 cm³/mol. The largest absolute Gasteiger partial charge is 0.389 e. The lowest BCUT2D eigenvalue weighted by Crippen LogP contribution is -2.28. The number of hydrogen-bond donors (Lipinski definition) is 3. The van der Waals surface area contributed by atoms with Crippen molar-refractivity contribution in [1.29, 1.82) is 0 Å². The van der Waals surface area contributed by atoms with Crippen molar-refractivity contribution in [2.24, 2.45) is 0 Å². The molecule has 0 saturated carbocycles. The van der Waals surface area contributed by atoms with Crippen molar-refractivity contribution in [2.75, 3.05) is 0 Å². The molecule has 0 spiro atoms. The third kappa shape index (κ3) is 1.69. The van der Waals surface area contributed by atoms with E-state index in [4.69, 9.17) is 0 Å². The van der Waals surface area contributed by atoms with E-state index in [2.05, 4.69) is 9.97 Å². The maximum Gasteiger partial charge on any atom is 0.314 e. The van der Waals surface area contributed by atoms with E-state index in [0.29, 0.717) is 16.6 Å². The van der Waals surface area contributed by atoms with Crippen LogP contribution in [0.5, 0.6) is 0 Å². The van der Waals surface area contributed by atoms with Gasteiger partial charge in [-0.05, 0) is 24.6 Å². The summed E-state index contributed by atoms with van der Waals surface area (Å²) in [5.74, 6) is 0. The molecule has 2 rings (SSSR count). The number of benzene rings is 1. The SMILES string of the molecule is CC(O)c1ccc2[nH]c(=O)c(=O)[nH]c2c1. The van der Waals surface area contributed by atoms with E-state index in [0.717, 1.165) is 0 Å². The van der Waals surface area contributed by atoms with Crippen LogP contribution in [-0.4, -0.2) is 15.1 Å². The first-order valence-corrected chi connectivity index (χ1v) is 4.52. The van der Waals surface area contributed by atoms with Gasteiger partial charge in [0, 0.05) is 0 Å². The molecule has 78 valence electrons. The second kappa shape index (κ2) is 3.36. The van der Waals surface area contributed by atoms with Gasteiger partial charge >= 0.3 is 11.1 Å².